The van der Waals surface area contributed by atoms with Crippen LogP contribution < -0.4 is 20.9 Å². The molecule has 0 bridgehead atoms. The van der Waals surface area contributed by atoms with Gasteiger partial charge in [0.15, 0.2) is 5.78 Å². The molecule has 0 saturated carbocycles. The molecule has 11 nitrogen and oxygen atoms in total. The van der Waals surface area contributed by atoms with Crippen LogP contribution in [0.1, 0.15) is 47.4 Å². The molecule has 0 spiro atoms. The fraction of sp³-hybridized carbons (Fsp3) is 0.467. The zero-order valence-electron chi connectivity index (χ0n) is 24.4. The first-order valence-corrected chi connectivity index (χ1v) is 14.1. The molecule has 3 aromatic rings. The summed E-state index contributed by atoms with van der Waals surface area (Å²) in [4.78, 5) is 49.9. The highest BCUT2D eigenvalue weighted by atomic mass is 35.5. The molecular formula is C30H39ClN6O5. The zero-order valence-corrected chi connectivity index (χ0v) is 25.2. The van der Waals surface area contributed by atoms with E-state index in [4.69, 9.17) is 15.2 Å². The molecule has 1 atom stereocenters. The number of benzene rings is 1. The van der Waals surface area contributed by atoms with Gasteiger partial charge in [0, 0.05) is 44.3 Å². The molecule has 4 heterocycles. The minimum absolute atomic E-state index is 0. The van der Waals surface area contributed by atoms with Crippen LogP contribution in [0.4, 0.5) is 5.82 Å². The number of piperidine rings is 1. The third-order valence-corrected chi connectivity index (χ3v) is 7.66. The van der Waals surface area contributed by atoms with Crippen molar-refractivity contribution in [3.8, 4) is 5.75 Å². The Hall–Kier alpha value is -3.67. The third kappa shape index (κ3) is 6.38. The molecular weight excluding hydrogens is 560 g/mol. The molecule has 1 amide bonds. The maximum atomic E-state index is 14.1. The number of rotatable bonds is 8. The Morgan fingerprint density at radius 1 is 1.19 bits per heavy atom. The maximum absolute atomic E-state index is 14.1. The molecule has 2 fully saturated rings. The van der Waals surface area contributed by atoms with Crippen molar-refractivity contribution in [3.63, 3.8) is 0 Å². The van der Waals surface area contributed by atoms with E-state index >= 15 is 0 Å². The van der Waals surface area contributed by atoms with Gasteiger partial charge in [-0.05, 0) is 38.8 Å². The van der Waals surface area contributed by atoms with Crippen LogP contribution in [0.25, 0.3) is 11.0 Å². The van der Waals surface area contributed by atoms with E-state index in [0.29, 0.717) is 79.7 Å². The zero-order chi connectivity index (χ0) is 29.1. The number of methoxy groups -OCH3 is 1. The van der Waals surface area contributed by atoms with E-state index in [2.05, 4.69) is 9.88 Å². The van der Waals surface area contributed by atoms with Gasteiger partial charge in [-0.1, -0.05) is 23.8 Å². The van der Waals surface area contributed by atoms with Crippen LogP contribution in [-0.2, 0) is 17.8 Å². The number of ether oxygens (including phenoxy) is 2. The Morgan fingerprint density at radius 3 is 2.64 bits per heavy atom. The molecule has 2 aliphatic heterocycles. The van der Waals surface area contributed by atoms with E-state index in [0.717, 1.165) is 18.4 Å². The van der Waals surface area contributed by atoms with Crippen molar-refractivity contribution in [2.24, 2.45) is 5.73 Å². The van der Waals surface area contributed by atoms with Crippen molar-refractivity contribution in [2.75, 3.05) is 51.4 Å². The topological polar surface area (TPSA) is 125 Å². The van der Waals surface area contributed by atoms with Gasteiger partial charge in [-0.3, -0.25) is 19.0 Å². The van der Waals surface area contributed by atoms with Crippen molar-refractivity contribution < 1.29 is 19.1 Å². The third-order valence-electron chi connectivity index (χ3n) is 7.66. The quantitative estimate of drug-likeness (QED) is 0.310. The van der Waals surface area contributed by atoms with Gasteiger partial charge in [-0.15, -0.1) is 12.4 Å². The first-order chi connectivity index (χ1) is 19.8. The standard InChI is InChI=1S/C30H38N6O5.ClH/c1-20(2)9-11-36-27-26(32-19-35(30(27)39)18-24(37)21-6-4-8-23(16-21)40-3)25(29(38)33-12-14-41-15-13-33)28(36)34-10-5-7-22(31)17-34;/h4,6,8-9,16,19,22H,5,7,10-15,17-18,31H2,1-3H3;1H/t22-;/m0./s1. The highest BCUT2D eigenvalue weighted by molar-refractivity contribution is 6.11. The number of hydrogen-bond donors (Lipinski definition) is 1. The van der Waals surface area contributed by atoms with Gasteiger partial charge < -0.3 is 29.6 Å². The second-order valence-corrected chi connectivity index (χ2v) is 10.9. The Morgan fingerprint density at radius 2 is 1.95 bits per heavy atom. The molecule has 226 valence electrons. The number of anilines is 1. The summed E-state index contributed by atoms with van der Waals surface area (Å²) in [6.07, 6.45) is 5.17. The average molecular weight is 599 g/mol. The summed E-state index contributed by atoms with van der Waals surface area (Å²) >= 11 is 0. The van der Waals surface area contributed by atoms with Crippen LogP contribution in [0.15, 0.2) is 47.0 Å². The van der Waals surface area contributed by atoms with E-state index in [1.54, 1.807) is 29.2 Å². The number of morpholine rings is 1. The summed E-state index contributed by atoms with van der Waals surface area (Å²) in [5.74, 6) is 0.788. The van der Waals surface area contributed by atoms with E-state index in [1.165, 1.54) is 18.0 Å². The number of allylic oxidation sites excluding steroid dienone is 2. The molecule has 0 aliphatic carbocycles. The molecule has 0 radical (unpaired) electrons. The van der Waals surface area contributed by atoms with Crippen LogP contribution in [0.5, 0.6) is 5.75 Å². The normalized spacial score (nSPS) is 17.1. The monoisotopic (exact) mass is 598 g/mol. The Bertz CT molecular complexity index is 1540. The second-order valence-electron chi connectivity index (χ2n) is 10.9. The lowest BCUT2D eigenvalue weighted by Crippen LogP contribution is -2.45. The summed E-state index contributed by atoms with van der Waals surface area (Å²) in [5, 5.41) is 0. The van der Waals surface area contributed by atoms with E-state index < -0.39 is 0 Å². The number of amides is 1. The van der Waals surface area contributed by atoms with Crippen LogP contribution in [0, 0.1) is 0 Å². The molecule has 12 heteroatoms. The minimum Gasteiger partial charge on any atom is -0.497 e. The van der Waals surface area contributed by atoms with E-state index in [9.17, 15) is 14.4 Å². The van der Waals surface area contributed by atoms with Crippen molar-refractivity contribution in [1.29, 1.82) is 0 Å². The fourth-order valence-electron chi connectivity index (χ4n) is 5.51. The Kier molecular flexibility index (Phi) is 10.1. The first-order valence-electron chi connectivity index (χ1n) is 14.1. The number of nitrogens with two attached hydrogens (primary N) is 1. The van der Waals surface area contributed by atoms with Gasteiger partial charge in [-0.25, -0.2) is 4.98 Å². The predicted octanol–water partition coefficient (Wildman–Crippen LogP) is 2.88. The lowest BCUT2D eigenvalue weighted by molar-refractivity contribution is 0.0304. The lowest BCUT2D eigenvalue weighted by atomic mass is 10.1. The van der Waals surface area contributed by atoms with Crippen LogP contribution in [0.3, 0.4) is 0 Å². The lowest BCUT2D eigenvalue weighted by Gasteiger charge is -2.34. The van der Waals surface area contributed by atoms with Crippen LogP contribution in [-0.4, -0.2) is 83.3 Å². The summed E-state index contributed by atoms with van der Waals surface area (Å²) in [6.45, 7) is 7.28. The summed E-state index contributed by atoms with van der Waals surface area (Å²) in [6, 6.07) is 6.78. The van der Waals surface area contributed by atoms with E-state index in [1.807, 2.05) is 24.5 Å². The average Bonchev–Trinajstić information content (AvgIpc) is 3.32. The largest absolute Gasteiger partial charge is 0.497 e. The number of halogens is 1. The molecule has 5 rings (SSSR count). The van der Waals surface area contributed by atoms with Crippen molar-refractivity contribution in [1.82, 2.24) is 19.0 Å². The van der Waals surface area contributed by atoms with E-state index in [-0.39, 0.29) is 42.2 Å². The van der Waals surface area contributed by atoms with Gasteiger partial charge in [0.05, 0.1) is 33.2 Å². The van der Waals surface area contributed by atoms with Gasteiger partial charge in [0.1, 0.15) is 28.2 Å². The molecule has 2 saturated heterocycles. The van der Waals surface area contributed by atoms with Gasteiger partial charge in [0.25, 0.3) is 11.5 Å². The molecule has 1 aromatic carbocycles. The number of carbonyl (C=O) groups is 2. The molecule has 2 aliphatic rings. The van der Waals surface area contributed by atoms with Gasteiger partial charge >= 0.3 is 0 Å². The minimum atomic E-state index is -0.378. The van der Waals surface area contributed by atoms with Crippen molar-refractivity contribution in [2.45, 2.75) is 45.8 Å². The SMILES string of the molecule is COc1cccc(C(=O)Cn2cnc3c(C(=O)N4CCOCC4)c(N4CCC[C@H](N)C4)n(CC=C(C)C)c3c2=O)c1.Cl. The van der Waals surface area contributed by atoms with Crippen molar-refractivity contribution in [3.05, 3.63) is 63.7 Å². The molecule has 2 N–H and O–H groups in total. The first kappa shape index (κ1) is 31.3. The molecule has 42 heavy (non-hydrogen) atoms. The van der Waals surface area contributed by atoms with Crippen LogP contribution in [0.2, 0.25) is 0 Å². The predicted molar refractivity (Wildman–Crippen MR) is 164 cm³/mol. The van der Waals surface area contributed by atoms with Gasteiger partial charge in [-0.2, -0.15) is 0 Å². The highest BCUT2D eigenvalue weighted by Gasteiger charge is 2.34. The van der Waals surface area contributed by atoms with Crippen LogP contribution >= 0.6 is 12.4 Å². The second kappa shape index (κ2) is 13.5. The Labute approximate surface area is 251 Å². The molecule has 0 unspecified atom stereocenters. The number of hydrogen-bond acceptors (Lipinski definition) is 8. The maximum Gasteiger partial charge on any atom is 0.278 e. The highest BCUT2D eigenvalue weighted by Crippen LogP contribution is 2.34. The number of carbonyl (C=O) groups excluding carboxylic acids is 2. The Balaban J connectivity index is 0.00000405. The van der Waals surface area contributed by atoms with Crippen molar-refractivity contribution >= 4 is 40.9 Å². The number of Topliss-reactive ketones (excluding diaryl/α,β-unsaturated/α-hetero) is 1. The fourth-order valence-corrected chi connectivity index (χ4v) is 5.51. The van der Waals surface area contributed by atoms with Gasteiger partial charge in [0.2, 0.25) is 0 Å². The number of ketones is 1. The smallest absolute Gasteiger partial charge is 0.278 e. The summed E-state index contributed by atoms with van der Waals surface area (Å²) < 4.78 is 13.9. The summed E-state index contributed by atoms with van der Waals surface area (Å²) in [5.41, 5.74) is 8.56. The number of nitrogens with zero attached hydrogens (tertiary/aromatic N) is 5. The molecule has 2 aromatic heterocycles. The number of aromatic nitrogens is 3. The number of fused-ring (bicyclic) bond motifs is 1. The summed E-state index contributed by atoms with van der Waals surface area (Å²) in [7, 11) is 1.54.